The summed E-state index contributed by atoms with van der Waals surface area (Å²) in [6.07, 6.45) is -4.49. The molecule has 7 rings (SSSR count). The number of furan rings is 1. The molecule has 0 spiro atoms. The minimum Gasteiger partial charge on any atom is -0.460 e. The molecule has 3 aliphatic heterocycles. The van der Waals surface area contributed by atoms with Crippen molar-refractivity contribution in [1.82, 2.24) is 0 Å². The van der Waals surface area contributed by atoms with Gasteiger partial charge in [-0.05, 0) is 48.5 Å². The van der Waals surface area contributed by atoms with E-state index in [0.717, 1.165) is 33.3 Å². The number of nitrogens with zero attached hydrogens (tertiary/aromatic N) is 2. The summed E-state index contributed by atoms with van der Waals surface area (Å²) in [6, 6.07) is 26.1. The van der Waals surface area contributed by atoms with E-state index in [2.05, 4.69) is 11.4 Å². The number of anilines is 2. The molecule has 0 radical (unpaired) electrons. The molecule has 1 unspecified atom stereocenters. The molecule has 196 valence electrons. The first-order valence-electron chi connectivity index (χ1n) is 12.2. The SMILES string of the molecule is N#CC1=C2Sc3ccccc3N2C(=N)C(=C2Nc3ccccc3S2)C1c1ccc(-c2cccc(C(F)(F)F)c2)o1. The summed E-state index contributed by atoms with van der Waals surface area (Å²) in [7, 11) is 0. The third-order valence-corrected chi connectivity index (χ3v) is 9.16. The van der Waals surface area contributed by atoms with Crippen LogP contribution in [0.1, 0.15) is 17.2 Å². The zero-order valence-electron chi connectivity index (χ0n) is 20.4. The first-order valence-corrected chi connectivity index (χ1v) is 13.8. The fourth-order valence-electron chi connectivity index (χ4n) is 5.10. The zero-order valence-corrected chi connectivity index (χ0v) is 22.0. The summed E-state index contributed by atoms with van der Waals surface area (Å²) in [5.74, 6) is 0.0864. The van der Waals surface area contributed by atoms with Gasteiger partial charge in [0.2, 0.25) is 0 Å². The number of allylic oxidation sites excluding steroid dienone is 1. The number of nitriles is 1. The van der Waals surface area contributed by atoms with Gasteiger partial charge in [-0.25, -0.2) is 0 Å². The van der Waals surface area contributed by atoms with Crippen molar-refractivity contribution in [2.75, 3.05) is 10.2 Å². The Morgan fingerprint density at radius 2 is 1.70 bits per heavy atom. The topological polar surface area (TPSA) is 76.1 Å². The largest absolute Gasteiger partial charge is 0.460 e. The first kappa shape index (κ1) is 24.7. The molecular weight excluding hydrogens is 553 g/mol. The van der Waals surface area contributed by atoms with Gasteiger partial charge in [-0.15, -0.1) is 0 Å². The number of nitrogens with one attached hydrogen (secondary N) is 2. The Labute approximate surface area is 235 Å². The maximum atomic E-state index is 13.4. The normalized spacial score (nSPS) is 19.7. The van der Waals surface area contributed by atoms with E-state index in [-0.39, 0.29) is 17.2 Å². The van der Waals surface area contributed by atoms with Crippen molar-refractivity contribution in [3.8, 4) is 17.4 Å². The minimum atomic E-state index is -4.49. The van der Waals surface area contributed by atoms with Gasteiger partial charge in [0.1, 0.15) is 22.4 Å². The van der Waals surface area contributed by atoms with Crippen LogP contribution in [0.2, 0.25) is 0 Å². The third kappa shape index (κ3) is 3.85. The third-order valence-electron chi connectivity index (χ3n) is 6.90. The average molecular weight is 571 g/mol. The quantitative estimate of drug-likeness (QED) is 0.251. The van der Waals surface area contributed by atoms with Crippen molar-refractivity contribution in [1.29, 1.82) is 10.7 Å². The predicted molar refractivity (Wildman–Crippen MR) is 150 cm³/mol. The molecule has 2 N–H and O–H groups in total. The van der Waals surface area contributed by atoms with Gasteiger partial charge in [0.05, 0.1) is 39.5 Å². The molecule has 40 heavy (non-hydrogen) atoms. The molecule has 4 aromatic rings. The summed E-state index contributed by atoms with van der Waals surface area (Å²) in [6.45, 7) is 0. The predicted octanol–water partition coefficient (Wildman–Crippen LogP) is 8.82. The number of hydrogen-bond acceptors (Lipinski definition) is 6. The number of halogens is 3. The molecule has 3 aromatic carbocycles. The lowest BCUT2D eigenvalue weighted by molar-refractivity contribution is -0.137. The van der Waals surface area contributed by atoms with Crippen LogP contribution in [-0.2, 0) is 6.18 Å². The Bertz CT molecular complexity index is 1810. The highest BCUT2D eigenvalue weighted by Crippen LogP contribution is 2.56. The van der Waals surface area contributed by atoms with Crippen LogP contribution in [-0.4, -0.2) is 5.84 Å². The van der Waals surface area contributed by atoms with Gasteiger partial charge in [-0.1, -0.05) is 59.9 Å². The molecule has 0 saturated heterocycles. The van der Waals surface area contributed by atoms with E-state index in [1.807, 2.05) is 48.5 Å². The Hall–Kier alpha value is -4.33. The van der Waals surface area contributed by atoms with Gasteiger partial charge in [-0.2, -0.15) is 18.4 Å². The van der Waals surface area contributed by atoms with Crippen LogP contribution in [0.5, 0.6) is 0 Å². The fourth-order valence-corrected chi connectivity index (χ4v) is 7.35. The average Bonchev–Trinajstić information content (AvgIpc) is 3.69. The van der Waals surface area contributed by atoms with Crippen LogP contribution in [0, 0.1) is 16.7 Å². The standard InChI is InChI=1S/C30H17F3N4OS2/c31-30(32,33)17-7-5-6-16(14-17)21-12-13-22(38-21)25-18(15-34)29-37(20-9-2-4-11-24(20)40-29)27(35)26(25)28-36-19-8-1-3-10-23(19)39-28/h1-14,25,35-36H. The minimum absolute atomic E-state index is 0.205. The molecular formula is C30H17F3N4OS2. The van der Waals surface area contributed by atoms with Crippen LogP contribution in [0.15, 0.2) is 120 Å². The van der Waals surface area contributed by atoms with Crippen LogP contribution in [0.4, 0.5) is 24.5 Å². The van der Waals surface area contributed by atoms with Crippen molar-refractivity contribution < 1.29 is 17.6 Å². The second kappa shape index (κ2) is 9.11. The zero-order chi connectivity index (χ0) is 27.6. The van der Waals surface area contributed by atoms with Crippen molar-refractivity contribution >= 4 is 40.7 Å². The number of rotatable bonds is 2. The Kier molecular flexibility index (Phi) is 5.63. The molecule has 0 bridgehead atoms. The molecule has 0 amide bonds. The molecule has 3 aliphatic rings. The summed E-state index contributed by atoms with van der Waals surface area (Å²) in [5.41, 5.74) is 2.19. The highest BCUT2D eigenvalue weighted by atomic mass is 32.2. The smallest absolute Gasteiger partial charge is 0.416 e. The van der Waals surface area contributed by atoms with Gasteiger partial charge in [0.15, 0.2) is 0 Å². The van der Waals surface area contributed by atoms with E-state index in [4.69, 9.17) is 4.42 Å². The van der Waals surface area contributed by atoms with Gasteiger partial charge < -0.3 is 9.73 Å². The highest BCUT2D eigenvalue weighted by molar-refractivity contribution is 8.04. The summed E-state index contributed by atoms with van der Waals surface area (Å²) in [5, 5.41) is 24.6. The van der Waals surface area contributed by atoms with Crippen molar-refractivity contribution in [2.45, 2.75) is 21.9 Å². The van der Waals surface area contributed by atoms with Crippen LogP contribution >= 0.6 is 23.5 Å². The number of benzene rings is 3. The number of amidine groups is 1. The number of fused-ring (bicyclic) bond motifs is 4. The van der Waals surface area contributed by atoms with Crippen molar-refractivity contribution in [2.24, 2.45) is 0 Å². The van der Waals surface area contributed by atoms with E-state index >= 15 is 0 Å². The molecule has 1 aromatic heterocycles. The van der Waals surface area contributed by atoms with E-state index in [1.165, 1.54) is 29.6 Å². The van der Waals surface area contributed by atoms with E-state index in [9.17, 15) is 23.8 Å². The lowest BCUT2D eigenvalue weighted by Gasteiger charge is -2.33. The fraction of sp³-hybridized carbons (Fsp3) is 0.0667. The highest BCUT2D eigenvalue weighted by Gasteiger charge is 2.45. The molecule has 10 heteroatoms. The first-order chi connectivity index (χ1) is 19.3. The van der Waals surface area contributed by atoms with Crippen LogP contribution < -0.4 is 10.2 Å². The Morgan fingerprint density at radius 1 is 0.925 bits per heavy atom. The maximum absolute atomic E-state index is 13.4. The molecule has 0 fully saturated rings. The van der Waals surface area contributed by atoms with Crippen LogP contribution in [0.3, 0.4) is 0 Å². The van der Waals surface area contributed by atoms with Gasteiger partial charge in [0.25, 0.3) is 0 Å². The lowest BCUT2D eigenvalue weighted by Crippen LogP contribution is -2.36. The monoisotopic (exact) mass is 570 g/mol. The maximum Gasteiger partial charge on any atom is 0.416 e. The van der Waals surface area contributed by atoms with E-state index in [1.54, 1.807) is 23.1 Å². The van der Waals surface area contributed by atoms with Crippen LogP contribution in [0.25, 0.3) is 11.3 Å². The second-order valence-electron chi connectivity index (χ2n) is 9.26. The molecule has 1 atom stereocenters. The van der Waals surface area contributed by atoms with Gasteiger partial charge in [-0.3, -0.25) is 10.3 Å². The van der Waals surface area contributed by atoms with Crippen molar-refractivity contribution in [3.63, 3.8) is 0 Å². The second-order valence-corrected chi connectivity index (χ2v) is 11.3. The van der Waals surface area contributed by atoms with Gasteiger partial charge in [0, 0.05) is 20.9 Å². The van der Waals surface area contributed by atoms with Crippen molar-refractivity contribution in [3.05, 3.63) is 117 Å². The Morgan fingerprint density at radius 3 is 2.48 bits per heavy atom. The number of alkyl halides is 3. The molecule has 4 heterocycles. The number of para-hydroxylation sites is 2. The summed E-state index contributed by atoms with van der Waals surface area (Å²) >= 11 is 2.90. The van der Waals surface area contributed by atoms with E-state index < -0.39 is 17.7 Å². The summed E-state index contributed by atoms with van der Waals surface area (Å²) in [4.78, 5) is 3.71. The lowest BCUT2D eigenvalue weighted by atomic mass is 9.86. The number of hydrogen-bond donors (Lipinski definition) is 2. The van der Waals surface area contributed by atoms with E-state index in [0.29, 0.717) is 27.0 Å². The molecule has 0 saturated carbocycles. The number of thioether (sulfide) groups is 2. The summed E-state index contributed by atoms with van der Waals surface area (Å²) < 4.78 is 46.3. The molecule has 0 aliphatic carbocycles. The van der Waals surface area contributed by atoms with Gasteiger partial charge >= 0.3 is 6.18 Å². The molecule has 5 nitrogen and oxygen atoms in total. The Balaban J connectivity index is 1.40.